The lowest BCUT2D eigenvalue weighted by Gasteiger charge is -2.35. The maximum absolute atomic E-state index is 12.7. The number of fused-ring (bicyclic) bond motifs is 1. The first-order chi connectivity index (χ1) is 10.1. The van der Waals surface area contributed by atoms with Crippen LogP contribution in [0.25, 0.3) is 10.8 Å². The van der Waals surface area contributed by atoms with Crippen molar-refractivity contribution >= 4 is 16.7 Å². The van der Waals surface area contributed by atoms with Crippen molar-refractivity contribution in [1.29, 1.82) is 0 Å². The van der Waals surface area contributed by atoms with E-state index in [0.717, 1.165) is 5.39 Å². The molecule has 110 valence electrons. The number of phenols is 1. The van der Waals surface area contributed by atoms with Crippen molar-refractivity contribution in [3.8, 4) is 5.75 Å². The molecule has 2 aromatic rings. The van der Waals surface area contributed by atoms with Crippen LogP contribution in [0.4, 0.5) is 0 Å². The van der Waals surface area contributed by atoms with Crippen molar-refractivity contribution in [1.82, 2.24) is 4.90 Å². The third kappa shape index (κ3) is 2.59. The minimum absolute atomic E-state index is 0.0142. The van der Waals surface area contributed by atoms with Gasteiger partial charge in [0.2, 0.25) is 0 Å². The lowest BCUT2D eigenvalue weighted by molar-refractivity contribution is -0.0586. The predicted molar refractivity (Wildman–Crippen MR) is 81.5 cm³/mol. The molecule has 21 heavy (non-hydrogen) atoms. The number of amides is 1. The van der Waals surface area contributed by atoms with Crippen LogP contribution in [-0.2, 0) is 4.74 Å². The summed E-state index contributed by atoms with van der Waals surface area (Å²) in [5.41, 5.74) is 0.356. The van der Waals surface area contributed by atoms with Gasteiger partial charge in [0.05, 0.1) is 17.8 Å². The Morgan fingerprint density at radius 3 is 2.52 bits per heavy atom. The maximum atomic E-state index is 12.7. The summed E-state index contributed by atoms with van der Waals surface area (Å²) in [6, 6.07) is 11.1. The van der Waals surface area contributed by atoms with Crippen LogP contribution in [0.5, 0.6) is 5.75 Å². The molecule has 1 aliphatic heterocycles. The Morgan fingerprint density at radius 1 is 1.14 bits per heavy atom. The molecule has 0 unspecified atom stereocenters. The van der Waals surface area contributed by atoms with E-state index in [1.165, 1.54) is 0 Å². The Hall–Kier alpha value is -2.07. The molecule has 2 aromatic carbocycles. The second-order valence-electron chi connectivity index (χ2n) is 5.65. The number of benzene rings is 2. The van der Waals surface area contributed by atoms with E-state index in [1.54, 1.807) is 11.0 Å². The summed E-state index contributed by atoms with van der Waals surface area (Å²) in [7, 11) is 0. The molecular weight excluding hydrogens is 266 g/mol. The van der Waals surface area contributed by atoms with Gasteiger partial charge in [0.1, 0.15) is 5.75 Å². The van der Waals surface area contributed by atoms with Crippen LogP contribution in [0.3, 0.4) is 0 Å². The van der Waals surface area contributed by atoms with E-state index in [2.05, 4.69) is 0 Å². The van der Waals surface area contributed by atoms with Crippen molar-refractivity contribution in [2.75, 3.05) is 13.1 Å². The average molecular weight is 285 g/mol. The number of phenolic OH excluding ortho intramolecular Hbond substituents is 1. The number of ether oxygens (including phenoxy) is 1. The van der Waals surface area contributed by atoms with E-state index in [9.17, 15) is 9.90 Å². The number of aromatic hydroxyl groups is 1. The molecule has 0 bridgehead atoms. The van der Waals surface area contributed by atoms with Gasteiger partial charge in [-0.3, -0.25) is 4.79 Å². The summed E-state index contributed by atoms with van der Waals surface area (Å²) in [6.07, 6.45) is 0.0283. The van der Waals surface area contributed by atoms with E-state index in [4.69, 9.17) is 4.74 Å². The minimum atomic E-state index is -0.139. The number of hydrogen-bond donors (Lipinski definition) is 1. The molecule has 3 rings (SSSR count). The molecule has 4 heteroatoms. The molecule has 0 aliphatic carbocycles. The molecule has 2 atom stereocenters. The lowest BCUT2D eigenvalue weighted by Crippen LogP contribution is -2.48. The highest BCUT2D eigenvalue weighted by Gasteiger charge is 2.28. The van der Waals surface area contributed by atoms with Gasteiger partial charge >= 0.3 is 0 Å². The second-order valence-corrected chi connectivity index (χ2v) is 5.65. The Labute approximate surface area is 123 Å². The van der Waals surface area contributed by atoms with Crippen LogP contribution < -0.4 is 0 Å². The van der Waals surface area contributed by atoms with Crippen LogP contribution in [0.1, 0.15) is 24.2 Å². The van der Waals surface area contributed by atoms with Gasteiger partial charge in [-0.25, -0.2) is 0 Å². The molecule has 4 nitrogen and oxygen atoms in total. The summed E-state index contributed by atoms with van der Waals surface area (Å²) in [4.78, 5) is 14.4. The molecule has 0 saturated carbocycles. The SMILES string of the molecule is C[C@@H]1CN(C(=O)c2ccc3ccccc3c2O)C[C@H](C)O1. The van der Waals surface area contributed by atoms with E-state index >= 15 is 0 Å². The van der Waals surface area contributed by atoms with Gasteiger partial charge in [0, 0.05) is 18.5 Å². The van der Waals surface area contributed by atoms with Gasteiger partial charge in [-0.15, -0.1) is 0 Å². The number of morpholine rings is 1. The van der Waals surface area contributed by atoms with E-state index in [0.29, 0.717) is 24.0 Å². The van der Waals surface area contributed by atoms with Gasteiger partial charge in [-0.1, -0.05) is 30.3 Å². The van der Waals surface area contributed by atoms with Gasteiger partial charge in [0.15, 0.2) is 0 Å². The van der Waals surface area contributed by atoms with Gasteiger partial charge in [-0.2, -0.15) is 0 Å². The van der Waals surface area contributed by atoms with Crippen LogP contribution >= 0.6 is 0 Å². The highest BCUT2D eigenvalue weighted by Crippen LogP contribution is 2.30. The first-order valence-corrected chi connectivity index (χ1v) is 7.21. The summed E-state index contributed by atoms with van der Waals surface area (Å²) < 4.78 is 5.65. The Balaban J connectivity index is 1.96. The Kier molecular flexibility index (Phi) is 3.55. The van der Waals surface area contributed by atoms with Crippen molar-refractivity contribution in [2.45, 2.75) is 26.1 Å². The predicted octanol–water partition coefficient (Wildman–Crippen LogP) is 2.79. The summed E-state index contributed by atoms with van der Waals surface area (Å²) >= 11 is 0. The summed E-state index contributed by atoms with van der Waals surface area (Å²) in [5, 5.41) is 12.0. The third-order valence-corrected chi connectivity index (χ3v) is 3.84. The van der Waals surface area contributed by atoms with E-state index in [1.807, 2.05) is 44.2 Å². The maximum Gasteiger partial charge on any atom is 0.257 e. The molecular formula is C17H19NO3. The van der Waals surface area contributed by atoms with Crippen LogP contribution in [0.15, 0.2) is 36.4 Å². The second kappa shape index (κ2) is 5.37. The van der Waals surface area contributed by atoms with Crippen molar-refractivity contribution < 1.29 is 14.6 Å². The molecule has 1 fully saturated rings. The fourth-order valence-corrected chi connectivity index (χ4v) is 2.94. The number of hydrogen-bond acceptors (Lipinski definition) is 3. The normalized spacial score (nSPS) is 22.5. The van der Waals surface area contributed by atoms with Crippen LogP contribution in [-0.4, -0.2) is 41.2 Å². The van der Waals surface area contributed by atoms with Crippen LogP contribution in [0, 0.1) is 0 Å². The lowest BCUT2D eigenvalue weighted by atomic mass is 10.0. The van der Waals surface area contributed by atoms with Crippen molar-refractivity contribution in [3.05, 3.63) is 42.0 Å². The van der Waals surface area contributed by atoms with Crippen LogP contribution in [0.2, 0.25) is 0 Å². The molecule has 1 amide bonds. The molecule has 0 radical (unpaired) electrons. The fraction of sp³-hybridized carbons (Fsp3) is 0.353. The summed E-state index contributed by atoms with van der Waals surface area (Å²) in [5.74, 6) is -0.0786. The quantitative estimate of drug-likeness (QED) is 0.876. The van der Waals surface area contributed by atoms with Gasteiger partial charge < -0.3 is 14.7 Å². The molecule has 0 spiro atoms. The molecule has 1 N–H and O–H groups in total. The third-order valence-electron chi connectivity index (χ3n) is 3.84. The van der Waals surface area contributed by atoms with Gasteiger partial charge in [0.25, 0.3) is 5.91 Å². The zero-order valence-electron chi connectivity index (χ0n) is 12.2. The standard InChI is InChI=1S/C17H19NO3/c1-11-9-18(10-12(2)21-11)17(20)15-8-7-13-5-3-4-6-14(13)16(15)19/h3-8,11-12,19H,9-10H2,1-2H3/t11-,12+. The zero-order valence-corrected chi connectivity index (χ0v) is 12.2. The molecule has 1 saturated heterocycles. The number of rotatable bonds is 1. The average Bonchev–Trinajstić information content (AvgIpc) is 2.46. The smallest absolute Gasteiger partial charge is 0.257 e. The number of nitrogens with zero attached hydrogens (tertiary/aromatic N) is 1. The highest BCUT2D eigenvalue weighted by molar-refractivity contribution is 6.03. The number of carbonyl (C=O) groups is 1. The van der Waals surface area contributed by atoms with Crippen molar-refractivity contribution in [2.24, 2.45) is 0 Å². The molecule has 0 aromatic heterocycles. The largest absolute Gasteiger partial charge is 0.506 e. The molecule has 1 aliphatic rings. The molecule has 1 heterocycles. The van der Waals surface area contributed by atoms with Crippen molar-refractivity contribution in [3.63, 3.8) is 0 Å². The minimum Gasteiger partial charge on any atom is -0.506 e. The summed E-state index contributed by atoms with van der Waals surface area (Å²) in [6.45, 7) is 5.01. The topological polar surface area (TPSA) is 49.8 Å². The fourth-order valence-electron chi connectivity index (χ4n) is 2.94. The monoisotopic (exact) mass is 285 g/mol. The van der Waals surface area contributed by atoms with Gasteiger partial charge in [-0.05, 0) is 25.3 Å². The first-order valence-electron chi connectivity index (χ1n) is 7.21. The highest BCUT2D eigenvalue weighted by atomic mass is 16.5. The Bertz CT molecular complexity index is 673. The Morgan fingerprint density at radius 2 is 1.81 bits per heavy atom. The zero-order chi connectivity index (χ0) is 15.0. The van der Waals surface area contributed by atoms with E-state index in [-0.39, 0.29) is 23.9 Å². The van der Waals surface area contributed by atoms with E-state index < -0.39 is 0 Å². The first kappa shape index (κ1) is 13.9. The number of carbonyl (C=O) groups excluding carboxylic acids is 1.